The summed E-state index contributed by atoms with van der Waals surface area (Å²) in [6.45, 7) is 0. The van der Waals surface area contributed by atoms with Crippen LogP contribution in [0.1, 0.15) is 0 Å². The second kappa shape index (κ2) is 3.53. The van der Waals surface area contributed by atoms with Gasteiger partial charge in [0.05, 0.1) is 5.52 Å². The number of fused-ring (bicyclic) bond motifs is 1. The highest BCUT2D eigenvalue weighted by molar-refractivity contribution is 7.88. The van der Waals surface area contributed by atoms with Crippen LogP contribution < -0.4 is 0 Å². The van der Waals surface area contributed by atoms with Crippen LogP contribution in [-0.4, -0.2) is 29.9 Å². The monoisotopic (exact) mass is 277 g/mol. The van der Waals surface area contributed by atoms with E-state index < -0.39 is 25.4 Å². The van der Waals surface area contributed by atoms with Gasteiger partial charge in [0.15, 0.2) is 5.03 Å². The van der Waals surface area contributed by atoms with Gasteiger partial charge in [0, 0.05) is 5.39 Å². The van der Waals surface area contributed by atoms with Gasteiger partial charge in [-0.05, 0) is 12.1 Å². The Hall–Kier alpha value is -1.42. The summed E-state index contributed by atoms with van der Waals surface area (Å²) in [6, 6.07) is 6.74. The van der Waals surface area contributed by atoms with Gasteiger partial charge in [-0.15, -0.1) is 0 Å². The van der Waals surface area contributed by atoms with Gasteiger partial charge < -0.3 is 0 Å². The van der Waals surface area contributed by atoms with Crippen LogP contribution in [0.15, 0.2) is 35.4 Å². The number of aromatic nitrogens is 1. The molecule has 2 N–H and O–H groups in total. The normalized spacial score (nSPS) is 13.1. The fourth-order valence-corrected chi connectivity index (χ4v) is 3.37. The molecule has 0 radical (unpaired) electrons. The Balaban J connectivity index is 3.05. The molecule has 0 spiro atoms. The predicted octanol–water partition coefficient (Wildman–Crippen LogP) is 0.539. The van der Waals surface area contributed by atoms with E-state index in [0.717, 1.165) is 6.07 Å². The van der Waals surface area contributed by atoms with Gasteiger partial charge in [-0.25, -0.2) is 3.97 Å². The van der Waals surface area contributed by atoms with Gasteiger partial charge >= 0.3 is 20.4 Å². The molecule has 0 aliphatic heterocycles. The second-order valence-electron chi connectivity index (χ2n) is 3.26. The van der Waals surface area contributed by atoms with Crippen LogP contribution in [0.2, 0.25) is 0 Å². The lowest BCUT2D eigenvalue weighted by Gasteiger charge is -2.03. The summed E-state index contributed by atoms with van der Waals surface area (Å²) in [5.74, 6) is 0. The number of nitrogens with zero attached hydrogens (tertiary/aromatic N) is 1. The van der Waals surface area contributed by atoms with E-state index in [4.69, 9.17) is 9.11 Å². The van der Waals surface area contributed by atoms with Gasteiger partial charge in [0.2, 0.25) is 0 Å². The van der Waals surface area contributed by atoms with Crippen LogP contribution in [0.25, 0.3) is 10.9 Å². The van der Waals surface area contributed by atoms with Crippen molar-refractivity contribution in [2.24, 2.45) is 0 Å². The molecule has 0 fully saturated rings. The zero-order valence-electron chi connectivity index (χ0n) is 8.18. The molecule has 2 aromatic rings. The first-order valence-electron chi connectivity index (χ1n) is 4.27. The Morgan fingerprint density at radius 3 is 2.12 bits per heavy atom. The third kappa shape index (κ3) is 2.05. The molecular weight excluding hydrogens is 270 g/mol. The van der Waals surface area contributed by atoms with E-state index in [0.29, 0.717) is 0 Å². The van der Waals surface area contributed by atoms with Crippen molar-refractivity contribution in [1.82, 2.24) is 3.97 Å². The molecule has 0 saturated carbocycles. The van der Waals surface area contributed by atoms with E-state index in [9.17, 15) is 16.8 Å². The van der Waals surface area contributed by atoms with Crippen LogP contribution in [0.5, 0.6) is 0 Å². The number of para-hydroxylation sites is 1. The maximum absolute atomic E-state index is 11.1. The van der Waals surface area contributed by atoms with Gasteiger partial charge in [-0.3, -0.25) is 9.11 Å². The minimum atomic E-state index is -4.82. The van der Waals surface area contributed by atoms with Gasteiger partial charge in [-0.2, -0.15) is 16.8 Å². The Kier molecular flexibility index (Phi) is 2.51. The zero-order valence-corrected chi connectivity index (χ0v) is 9.81. The van der Waals surface area contributed by atoms with Crippen LogP contribution >= 0.6 is 0 Å². The molecule has 92 valence electrons. The average molecular weight is 277 g/mol. The van der Waals surface area contributed by atoms with E-state index in [1.54, 1.807) is 6.07 Å². The van der Waals surface area contributed by atoms with Crippen LogP contribution in [0, 0.1) is 0 Å². The van der Waals surface area contributed by atoms with E-state index in [-0.39, 0.29) is 14.9 Å². The molecule has 1 aromatic carbocycles. The van der Waals surface area contributed by atoms with Gasteiger partial charge in [0.25, 0.3) is 0 Å². The highest BCUT2D eigenvalue weighted by atomic mass is 32.2. The van der Waals surface area contributed by atoms with Crippen LogP contribution in [0.4, 0.5) is 0 Å². The molecule has 0 unspecified atom stereocenters. The minimum Gasteiger partial charge on any atom is -0.281 e. The number of hydrogen-bond acceptors (Lipinski definition) is 4. The minimum absolute atomic E-state index is 0.0392. The van der Waals surface area contributed by atoms with Crippen molar-refractivity contribution in [3.05, 3.63) is 30.3 Å². The van der Waals surface area contributed by atoms with E-state index in [2.05, 4.69) is 0 Å². The molecular formula is C8H7NO6S2. The molecule has 0 aliphatic carbocycles. The average Bonchev–Trinajstić information content (AvgIpc) is 2.54. The molecule has 0 aliphatic rings. The van der Waals surface area contributed by atoms with Crippen molar-refractivity contribution in [1.29, 1.82) is 0 Å². The standard InChI is InChI=1S/C8H7NO6S2/c10-16(11,12)8-5-6-3-1-2-4-7(6)9(8)17(13,14)15/h1-5H,(H,10,11,12)(H,13,14,15). The fourth-order valence-electron chi connectivity index (χ4n) is 1.52. The van der Waals surface area contributed by atoms with E-state index in [1.165, 1.54) is 18.2 Å². The summed E-state index contributed by atoms with van der Waals surface area (Å²) < 4.78 is 62.3. The highest BCUT2D eigenvalue weighted by Crippen LogP contribution is 2.24. The fraction of sp³-hybridized carbons (Fsp3) is 0. The Morgan fingerprint density at radius 2 is 1.59 bits per heavy atom. The summed E-state index contributed by atoms with van der Waals surface area (Å²) in [5, 5.41) is -0.640. The summed E-state index contributed by atoms with van der Waals surface area (Å²) in [5.41, 5.74) is -0.0392. The first-order valence-corrected chi connectivity index (χ1v) is 7.11. The molecule has 0 saturated heterocycles. The van der Waals surface area contributed by atoms with Gasteiger partial charge in [-0.1, -0.05) is 18.2 Å². The SMILES string of the molecule is O=S(=O)(O)c1cc2ccccc2n1S(=O)(=O)O. The molecule has 7 nitrogen and oxygen atoms in total. The quantitative estimate of drug-likeness (QED) is 0.774. The lowest BCUT2D eigenvalue weighted by Crippen LogP contribution is -2.16. The maximum atomic E-state index is 11.1. The second-order valence-corrected chi connectivity index (χ2v) is 5.89. The first kappa shape index (κ1) is 12.0. The summed E-state index contributed by atoms with van der Waals surface area (Å²) in [4.78, 5) is 0. The molecule has 0 amide bonds. The Labute approximate surface area is 96.9 Å². The molecule has 0 atom stereocenters. The van der Waals surface area contributed by atoms with Crippen molar-refractivity contribution in [3.63, 3.8) is 0 Å². The number of benzene rings is 1. The van der Waals surface area contributed by atoms with Crippen molar-refractivity contribution in [3.8, 4) is 0 Å². The molecule has 1 heterocycles. The Bertz CT molecular complexity index is 787. The third-order valence-corrected chi connectivity index (χ3v) is 3.93. The smallest absolute Gasteiger partial charge is 0.281 e. The van der Waals surface area contributed by atoms with Gasteiger partial charge in [0.1, 0.15) is 0 Å². The molecule has 0 bridgehead atoms. The topological polar surface area (TPSA) is 114 Å². The number of hydrogen-bond donors (Lipinski definition) is 2. The summed E-state index contributed by atoms with van der Waals surface area (Å²) >= 11 is 0. The van der Waals surface area contributed by atoms with Crippen molar-refractivity contribution >= 4 is 31.3 Å². The highest BCUT2D eigenvalue weighted by Gasteiger charge is 2.25. The van der Waals surface area contributed by atoms with Crippen molar-refractivity contribution in [2.75, 3.05) is 0 Å². The Morgan fingerprint density at radius 1 is 1.00 bits per heavy atom. The van der Waals surface area contributed by atoms with Crippen molar-refractivity contribution < 1.29 is 25.9 Å². The molecule has 17 heavy (non-hydrogen) atoms. The maximum Gasteiger partial charge on any atom is 0.365 e. The van der Waals surface area contributed by atoms with E-state index >= 15 is 0 Å². The van der Waals surface area contributed by atoms with Crippen LogP contribution in [0.3, 0.4) is 0 Å². The van der Waals surface area contributed by atoms with Crippen molar-refractivity contribution in [2.45, 2.75) is 5.03 Å². The predicted molar refractivity (Wildman–Crippen MR) is 58.7 cm³/mol. The van der Waals surface area contributed by atoms with Crippen LogP contribution in [-0.2, 0) is 20.4 Å². The molecule has 9 heteroatoms. The summed E-state index contributed by atoms with van der Waals surface area (Å²) in [6.07, 6.45) is 0. The largest absolute Gasteiger partial charge is 0.365 e. The van der Waals surface area contributed by atoms with E-state index in [1.807, 2.05) is 0 Å². The lowest BCUT2D eigenvalue weighted by atomic mass is 10.3. The first-order chi connectivity index (χ1) is 7.71. The molecule has 1 aromatic heterocycles. The summed E-state index contributed by atoms with van der Waals surface area (Å²) in [7, 11) is -9.58. The third-order valence-electron chi connectivity index (χ3n) is 2.13. The lowest BCUT2D eigenvalue weighted by molar-refractivity contribution is 0.456. The number of rotatable bonds is 2. The zero-order chi connectivity index (χ0) is 12.8. The molecule has 2 rings (SSSR count).